The van der Waals surface area contributed by atoms with E-state index in [9.17, 15) is 0 Å². The van der Waals surface area contributed by atoms with Crippen molar-refractivity contribution in [3.05, 3.63) is 34.9 Å². The van der Waals surface area contributed by atoms with Gasteiger partial charge >= 0.3 is 0 Å². The first-order chi connectivity index (χ1) is 7.88. The molecule has 0 saturated heterocycles. The molecule has 0 amide bonds. The highest BCUT2D eigenvalue weighted by molar-refractivity contribution is 5.35. The predicted molar refractivity (Wildman–Crippen MR) is 62.3 cm³/mol. The number of nitrogens with one attached hydrogen (secondary N) is 1. The second-order valence-corrected chi connectivity index (χ2v) is 4.86. The quantitative estimate of drug-likeness (QED) is 0.602. The molecule has 3 heteroatoms. The van der Waals surface area contributed by atoms with E-state index < -0.39 is 0 Å². The maximum Gasteiger partial charge on any atom is 0.0725 e. The highest BCUT2D eigenvalue weighted by Gasteiger charge is 2.28. The van der Waals surface area contributed by atoms with Crippen molar-refractivity contribution < 1.29 is 4.74 Å². The summed E-state index contributed by atoms with van der Waals surface area (Å²) in [4.78, 5) is 0. The van der Waals surface area contributed by atoms with Crippen LogP contribution in [0.2, 0.25) is 0 Å². The van der Waals surface area contributed by atoms with Crippen LogP contribution in [0.4, 0.5) is 0 Å². The van der Waals surface area contributed by atoms with Gasteiger partial charge in [-0.05, 0) is 35.4 Å². The van der Waals surface area contributed by atoms with Gasteiger partial charge in [-0.2, -0.15) is 0 Å². The number of ether oxygens (including phenoxy) is 1. The van der Waals surface area contributed by atoms with Crippen LogP contribution < -0.4 is 11.3 Å². The molecular weight excluding hydrogens is 200 g/mol. The lowest BCUT2D eigenvalue weighted by atomic mass is 9.77. The molecule has 1 aliphatic carbocycles. The minimum absolute atomic E-state index is 0.319. The minimum Gasteiger partial charge on any atom is -0.372 e. The largest absolute Gasteiger partial charge is 0.372 e. The zero-order valence-electron chi connectivity index (χ0n) is 9.41. The predicted octanol–water partition coefficient (Wildman–Crippen LogP) is 2.02. The highest BCUT2D eigenvalue weighted by atomic mass is 16.5. The number of benzene rings is 1. The standard InChI is InChI=1S/C13H18N2O/c14-15-13(9-2-1-3-9)10-4-5-11-7-16-8-12(11)6-10/h4-6,9,13,15H,1-3,7-8,14H2. The van der Waals surface area contributed by atoms with Crippen molar-refractivity contribution >= 4 is 0 Å². The van der Waals surface area contributed by atoms with Crippen molar-refractivity contribution in [3.63, 3.8) is 0 Å². The summed E-state index contributed by atoms with van der Waals surface area (Å²) in [6.07, 6.45) is 3.93. The van der Waals surface area contributed by atoms with Gasteiger partial charge in [-0.15, -0.1) is 0 Å². The molecule has 0 aromatic heterocycles. The zero-order chi connectivity index (χ0) is 11.0. The Hall–Kier alpha value is -0.900. The third-order valence-electron chi connectivity index (χ3n) is 3.91. The van der Waals surface area contributed by atoms with E-state index in [-0.39, 0.29) is 0 Å². The summed E-state index contributed by atoms with van der Waals surface area (Å²) in [5, 5.41) is 0. The van der Waals surface area contributed by atoms with Crippen molar-refractivity contribution in [1.29, 1.82) is 0 Å². The third kappa shape index (κ3) is 1.65. The van der Waals surface area contributed by atoms with Crippen molar-refractivity contribution in [2.45, 2.75) is 38.5 Å². The van der Waals surface area contributed by atoms with Crippen LogP contribution in [0.3, 0.4) is 0 Å². The average molecular weight is 218 g/mol. The molecule has 1 saturated carbocycles. The monoisotopic (exact) mass is 218 g/mol. The Labute approximate surface area is 95.9 Å². The van der Waals surface area contributed by atoms with Gasteiger partial charge in [-0.3, -0.25) is 11.3 Å². The summed E-state index contributed by atoms with van der Waals surface area (Å²) in [6, 6.07) is 6.95. The van der Waals surface area contributed by atoms with Gasteiger partial charge in [-0.1, -0.05) is 24.6 Å². The van der Waals surface area contributed by atoms with Crippen LogP contribution >= 0.6 is 0 Å². The number of hydrazine groups is 1. The normalized spacial score (nSPS) is 21.6. The minimum atomic E-state index is 0.319. The summed E-state index contributed by atoms with van der Waals surface area (Å²) in [5.41, 5.74) is 6.94. The van der Waals surface area contributed by atoms with Crippen LogP contribution in [0.5, 0.6) is 0 Å². The SMILES string of the molecule is NNC(c1ccc2c(c1)COC2)C1CCC1. The van der Waals surface area contributed by atoms with Crippen molar-refractivity contribution in [2.75, 3.05) is 0 Å². The van der Waals surface area contributed by atoms with Gasteiger partial charge in [0.2, 0.25) is 0 Å². The molecule has 0 bridgehead atoms. The first-order valence-electron chi connectivity index (χ1n) is 6.04. The van der Waals surface area contributed by atoms with E-state index in [4.69, 9.17) is 10.6 Å². The van der Waals surface area contributed by atoms with Crippen molar-refractivity contribution in [2.24, 2.45) is 11.8 Å². The number of hydrogen-bond acceptors (Lipinski definition) is 3. The van der Waals surface area contributed by atoms with Crippen molar-refractivity contribution in [3.8, 4) is 0 Å². The first kappa shape index (κ1) is 10.3. The second kappa shape index (κ2) is 4.17. The second-order valence-electron chi connectivity index (χ2n) is 4.86. The number of fused-ring (bicyclic) bond motifs is 1. The Balaban J connectivity index is 1.86. The molecule has 1 heterocycles. The molecule has 1 fully saturated rings. The maximum absolute atomic E-state index is 5.68. The Morgan fingerprint density at radius 2 is 2.06 bits per heavy atom. The van der Waals surface area contributed by atoms with Gasteiger partial charge in [0.25, 0.3) is 0 Å². The molecule has 1 aromatic rings. The van der Waals surface area contributed by atoms with Crippen LogP contribution in [0.15, 0.2) is 18.2 Å². The summed E-state index contributed by atoms with van der Waals surface area (Å²) in [5.74, 6) is 6.39. The van der Waals surface area contributed by atoms with Crippen LogP contribution in [0.1, 0.15) is 42.0 Å². The van der Waals surface area contributed by atoms with Gasteiger partial charge < -0.3 is 4.74 Å². The average Bonchev–Trinajstić information content (AvgIpc) is 2.69. The van der Waals surface area contributed by atoms with E-state index in [0.717, 1.165) is 13.2 Å². The lowest BCUT2D eigenvalue weighted by molar-refractivity contribution is 0.134. The summed E-state index contributed by atoms with van der Waals surface area (Å²) in [6.45, 7) is 1.52. The molecule has 1 atom stereocenters. The highest BCUT2D eigenvalue weighted by Crippen LogP contribution is 2.38. The molecule has 0 spiro atoms. The van der Waals surface area contributed by atoms with E-state index in [1.165, 1.54) is 36.0 Å². The van der Waals surface area contributed by atoms with Crippen LogP contribution in [-0.4, -0.2) is 0 Å². The summed E-state index contributed by atoms with van der Waals surface area (Å²) >= 11 is 0. The third-order valence-corrected chi connectivity index (χ3v) is 3.91. The van der Waals surface area contributed by atoms with Gasteiger partial charge in [-0.25, -0.2) is 0 Å². The lowest BCUT2D eigenvalue weighted by Gasteiger charge is -2.33. The van der Waals surface area contributed by atoms with E-state index in [1.807, 2.05) is 0 Å². The van der Waals surface area contributed by atoms with Crippen molar-refractivity contribution in [1.82, 2.24) is 5.43 Å². The van der Waals surface area contributed by atoms with E-state index >= 15 is 0 Å². The van der Waals surface area contributed by atoms with Gasteiger partial charge in [0.15, 0.2) is 0 Å². The van der Waals surface area contributed by atoms with E-state index in [2.05, 4.69) is 23.6 Å². The molecule has 3 rings (SSSR count). The van der Waals surface area contributed by atoms with Gasteiger partial charge in [0, 0.05) is 6.04 Å². The molecule has 1 unspecified atom stereocenters. The molecular formula is C13H18N2O. The summed E-state index contributed by atoms with van der Waals surface area (Å²) in [7, 11) is 0. The summed E-state index contributed by atoms with van der Waals surface area (Å²) < 4.78 is 5.43. The molecule has 16 heavy (non-hydrogen) atoms. The number of rotatable bonds is 3. The Kier molecular flexibility index (Phi) is 2.67. The van der Waals surface area contributed by atoms with Gasteiger partial charge in [0.05, 0.1) is 13.2 Å². The molecule has 3 nitrogen and oxygen atoms in total. The number of nitrogens with two attached hydrogens (primary N) is 1. The van der Waals surface area contributed by atoms with Gasteiger partial charge in [0.1, 0.15) is 0 Å². The molecule has 3 N–H and O–H groups in total. The zero-order valence-corrected chi connectivity index (χ0v) is 9.41. The fourth-order valence-corrected chi connectivity index (χ4v) is 2.66. The van der Waals surface area contributed by atoms with E-state index in [1.54, 1.807) is 0 Å². The Morgan fingerprint density at radius 1 is 1.25 bits per heavy atom. The lowest BCUT2D eigenvalue weighted by Crippen LogP contribution is -2.36. The molecule has 1 aromatic carbocycles. The Bertz CT molecular complexity index is 388. The molecule has 2 aliphatic rings. The van der Waals surface area contributed by atoms with Crippen LogP contribution in [0, 0.1) is 5.92 Å². The van der Waals surface area contributed by atoms with E-state index in [0.29, 0.717) is 12.0 Å². The smallest absolute Gasteiger partial charge is 0.0725 e. The maximum atomic E-state index is 5.68. The molecule has 1 aliphatic heterocycles. The first-order valence-corrected chi connectivity index (χ1v) is 6.04. The number of hydrogen-bond donors (Lipinski definition) is 2. The molecule has 86 valence electrons. The topological polar surface area (TPSA) is 47.3 Å². The molecule has 0 radical (unpaired) electrons. The Morgan fingerprint density at radius 3 is 2.75 bits per heavy atom. The van der Waals surface area contributed by atoms with Crippen LogP contribution in [-0.2, 0) is 18.0 Å². The fraction of sp³-hybridized carbons (Fsp3) is 0.538. The fourth-order valence-electron chi connectivity index (χ4n) is 2.66. The van der Waals surface area contributed by atoms with Crippen LogP contribution in [0.25, 0.3) is 0 Å².